The average Bonchev–Trinajstić information content (AvgIpc) is 3.02. The first-order chi connectivity index (χ1) is 14.9. The van der Waals surface area contributed by atoms with E-state index in [1.807, 2.05) is 19.0 Å². The van der Waals surface area contributed by atoms with E-state index in [0.29, 0.717) is 48.9 Å². The van der Waals surface area contributed by atoms with Gasteiger partial charge in [0.05, 0.1) is 11.6 Å². The first kappa shape index (κ1) is 20.7. The van der Waals surface area contributed by atoms with Crippen LogP contribution in [0, 0.1) is 0 Å². The number of Topliss-reactive ketones (excluding diaryl/α,β-unsaturated/α-hetero) is 1. The van der Waals surface area contributed by atoms with Crippen LogP contribution >= 0.6 is 0 Å². The van der Waals surface area contributed by atoms with Gasteiger partial charge in [0.15, 0.2) is 11.5 Å². The number of likely N-dealkylation sites (N-methyl/N-ethyl adjacent to an activating group) is 1. The minimum absolute atomic E-state index is 0.00567. The van der Waals surface area contributed by atoms with Crippen LogP contribution in [0.15, 0.2) is 48.0 Å². The summed E-state index contributed by atoms with van der Waals surface area (Å²) in [4.78, 5) is 29.2. The molecular formula is C23H24N2O6. The zero-order valence-electron chi connectivity index (χ0n) is 17.4. The second-order valence-electron chi connectivity index (χ2n) is 7.75. The third kappa shape index (κ3) is 3.94. The van der Waals surface area contributed by atoms with E-state index in [1.165, 1.54) is 17.0 Å². The number of hydrogen-bond acceptors (Lipinski definition) is 7. The lowest BCUT2D eigenvalue weighted by Gasteiger charge is -2.26. The second kappa shape index (κ2) is 8.31. The topological polar surface area (TPSA) is 99.5 Å². The lowest BCUT2D eigenvalue weighted by molar-refractivity contribution is -0.140. The molecule has 1 atom stereocenters. The number of aromatic hydroxyl groups is 1. The van der Waals surface area contributed by atoms with Gasteiger partial charge in [-0.25, -0.2) is 0 Å². The van der Waals surface area contributed by atoms with E-state index in [0.717, 1.165) is 0 Å². The van der Waals surface area contributed by atoms with E-state index >= 15 is 0 Å². The van der Waals surface area contributed by atoms with E-state index in [9.17, 15) is 19.8 Å². The highest BCUT2D eigenvalue weighted by molar-refractivity contribution is 6.46. The molecule has 31 heavy (non-hydrogen) atoms. The van der Waals surface area contributed by atoms with Crippen LogP contribution in [0.4, 0.5) is 0 Å². The van der Waals surface area contributed by atoms with Crippen LogP contribution < -0.4 is 9.47 Å². The number of rotatable bonds is 5. The first-order valence-electron chi connectivity index (χ1n) is 9.99. The Bertz CT molecular complexity index is 1040. The highest BCUT2D eigenvalue weighted by Crippen LogP contribution is 2.41. The van der Waals surface area contributed by atoms with Crippen molar-refractivity contribution in [3.05, 3.63) is 59.2 Å². The molecule has 1 amide bonds. The lowest BCUT2D eigenvalue weighted by atomic mass is 9.95. The molecule has 8 nitrogen and oxygen atoms in total. The Hall–Kier alpha value is -3.52. The number of amides is 1. The Morgan fingerprint density at radius 3 is 2.42 bits per heavy atom. The Kier molecular flexibility index (Phi) is 5.56. The molecule has 0 spiro atoms. The zero-order valence-corrected chi connectivity index (χ0v) is 17.4. The summed E-state index contributed by atoms with van der Waals surface area (Å²) in [5.74, 6) is -0.590. The molecule has 0 bridgehead atoms. The summed E-state index contributed by atoms with van der Waals surface area (Å²) < 4.78 is 11.1. The van der Waals surface area contributed by atoms with Gasteiger partial charge < -0.3 is 29.5 Å². The molecule has 0 aliphatic carbocycles. The number of aliphatic hydroxyl groups excluding tert-OH is 1. The van der Waals surface area contributed by atoms with Gasteiger partial charge in [-0.05, 0) is 50.0 Å². The second-order valence-corrected chi connectivity index (χ2v) is 7.75. The minimum atomic E-state index is -0.770. The number of hydrogen-bond donors (Lipinski definition) is 2. The van der Waals surface area contributed by atoms with Crippen molar-refractivity contribution in [2.24, 2.45) is 0 Å². The largest absolute Gasteiger partial charge is 0.508 e. The normalized spacial score (nSPS) is 19.8. The van der Waals surface area contributed by atoms with Crippen molar-refractivity contribution < 1.29 is 29.3 Å². The molecule has 2 aromatic carbocycles. The van der Waals surface area contributed by atoms with E-state index in [-0.39, 0.29) is 17.1 Å². The fraction of sp³-hybridized carbons (Fsp3) is 0.304. The van der Waals surface area contributed by atoms with E-state index < -0.39 is 17.7 Å². The Morgan fingerprint density at radius 2 is 1.74 bits per heavy atom. The highest BCUT2D eigenvalue weighted by Gasteiger charge is 2.46. The molecule has 2 heterocycles. The zero-order chi connectivity index (χ0) is 22.1. The molecule has 2 aliphatic heterocycles. The van der Waals surface area contributed by atoms with Crippen molar-refractivity contribution in [1.29, 1.82) is 0 Å². The summed E-state index contributed by atoms with van der Waals surface area (Å²) in [5, 5.41) is 20.8. The number of fused-ring (bicyclic) bond motifs is 1. The molecule has 8 heteroatoms. The van der Waals surface area contributed by atoms with Crippen LogP contribution in [0.25, 0.3) is 5.76 Å². The maximum atomic E-state index is 13.0. The van der Waals surface area contributed by atoms with Crippen molar-refractivity contribution >= 4 is 17.4 Å². The molecule has 2 N–H and O–H groups in total. The molecule has 2 aromatic rings. The van der Waals surface area contributed by atoms with Crippen molar-refractivity contribution in [2.45, 2.75) is 6.04 Å². The van der Waals surface area contributed by atoms with Crippen LogP contribution in [0.2, 0.25) is 0 Å². The highest BCUT2D eigenvalue weighted by atomic mass is 16.6. The lowest BCUT2D eigenvalue weighted by Crippen LogP contribution is -2.35. The van der Waals surface area contributed by atoms with Gasteiger partial charge in [-0.2, -0.15) is 0 Å². The molecule has 162 valence electrons. The van der Waals surface area contributed by atoms with Crippen molar-refractivity contribution in [3.63, 3.8) is 0 Å². The van der Waals surface area contributed by atoms with Gasteiger partial charge in [0.1, 0.15) is 24.7 Å². The van der Waals surface area contributed by atoms with E-state index in [1.54, 1.807) is 30.3 Å². The number of carbonyl (C=O) groups is 2. The number of ether oxygens (including phenoxy) is 2. The number of nitrogens with zero attached hydrogens (tertiary/aromatic N) is 2. The SMILES string of the molecule is CN(C)CCN1C(=O)C(=O)/C(=C(/O)c2ccc3c(c2)OCCO3)C1c1ccc(O)cc1. The van der Waals surface area contributed by atoms with Crippen LogP contribution in [-0.4, -0.2) is 72.1 Å². The van der Waals surface area contributed by atoms with Gasteiger partial charge in [0, 0.05) is 18.7 Å². The monoisotopic (exact) mass is 424 g/mol. The van der Waals surface area contributed by atoms with E-state index in [4.69, 9.17) is 9.47 Å². The molecule has 0 saturated carbocycles. The summed E-state index contributed by atoms with van der Waals surface area (Å²) in [6.45, 7) is 1.68. The van der Waals surface area contributed by atoms with Gasteiger partial charge >= 0.3 is 0 Å². The number of benzene rings is 2. The average molecular weight is 424 g/mol. The predicted molar refractivity (Wildman–Crippen MR) is 113 cm³/mol. The van der Waals surface area contributed by atoms with Crippen LogP contribution in [0.5, 0.6) is 17.2 Å². The quantitative estimate of drug-likeness (QED) is 0.431. The summed E-state index contributed by atoms with van der Waals surface area (Å²) in [7, 11) is 3.75. The molecule has 1 unspecified atom stereocenters. The number of aliphatic hydroxyl groups is 1. The maximum Gasteiger partial charge on any atom is 0.295 e. The molecule has 0 aromatic heterocycles. The molecular weight excluding hydrogens is 400 g/mol. The Balaban J connectivity index is 1.81. The minimum Gasteiger partial charge on any atom is -0.508 e. The summed E-state index contributed by atoms with van der Waals surface area (Å²) in [6, 6.07) is 10.4. The smallest absolute Gasteiger partial charge is 0.295 e. The standard InChI is InChI=1S/C23H24N2O6/c1-24(2)9-10-25-20(14-3-6-16(26)7-4-14)19(22(28)23(25)29)21(27)15-5-8-17-18(13-15)31-12-11-30-17/h3-8,13,20,26-27H,9-12H2,1-2H3/b21-19+. The fourth-order valence-corrected chi connectivity index (χ4v) is 3.77. The first-order valence-corrected chi connectivity index (χ1v) is 9.99. The van der Waals surface area contributed by atoms with E-state index in [2.05, 4.69) is 0 Å². The number of carbonyl (C=O) groups excluding carboxylic acids is 2. The number of likely N-dealkylation sites (tertiary alicyclic amines) is 1. The fourth-order valence-electron chi connectivity index (χ4n) is 3.77. The summed E-state index contributed by atoms with van der Waals surface area (Å²) in [6.07, 6.45) is 0. The molecule has 4 rings (SSSR count). The third-order valence-corrected chi connectivity index (χ3v) is 5.35. The Labute approximate surface area is 179 Å². The van der Waals surface area contributed by atoms with Crippen molar-refractivity contribution in [2.75, 3.05) is 40.4 Å². The van der Waals surface area contributed by atoms with Gasteiger partial charge in [-0.3, -0.25) is 9.59 Å². The Morgan fingerprint density at radius 1 is 1.06 bits per heavy atom. The molecule has 1 saturated heterocycles. The van der Waals surface area contributed by atoms with Crippen molar-refractivity contribution in [3.8, 4) is 17.2 Å². The van der Waals surface area contributed by atoms with Crippen molar-refractivity contribution in [1.82, 2.24) is 9.80 Å². The van der Waals surface area contributed by atoms with Gasteiger partial charge in [-0.1, -0.05) is 12.1 Å². The summed E-state index contributed by atoms with van der Waals surface area (Å²) in [5.41, 5.74) is 0.986. The van der Waals surface area contributed by atoms with Gasteiger partial charge in [-0.15, -0.1) is 0 Å². The number of phenols is 1. The predicted octanol–water partition coefficient (Wildman–Crippen LogP) is 2.15. The number of phenolic OH excluding ortho intramolecular Hbond substituents is 1. The number of ketones is 1. The summed E-state index contributed by atoms with van der Waals surface area (Å²) >= 11 is 0. The molecule has 1 fully saturated rings. The third-order valence-electron chi connectivity index (χ3n) is 5.35. The van der Waals surface area contributed by atoms with Gasteiger partial charge in [0.2, 0.25) is 0 Å². The maximum absolute atomic E-state index is 13.0. The van der Waals surface area contributed by atoms with Crippen LogP contribution in [0.3, 0.4) is 0 Å². The molecule has 0 radical (unpaired) electrons. The molecule has 2 aliphatic rings. The van der Waals surface area contributed by atoms with Crippen LogP contribution in [0.1, 0.15) is 17.2 Å². The van der Waals surface area contributed by atoms with Gasteiger partial charge in [0.25, 0.3) is 11.7 Å². The van der Waals surface area contributed by atoms with Crippen LogP contribution in [-0.2, 0) is 9.59 Å².